The summed E-state index contributed by atoms with van der Waals surface area (Å²) in [6, 6.07) is 5.42. The van der Waals surface area contributed by atoms with Gasteiger partial charge in [-0.15, -0.1) is 0 Å². The molecule has 5 heteroatoms. The minimum atomic E-state index is -0.216. The van der Waals surface area contributed by atoms with Gasteiger partial charge < -0.3 is 9.64 Å². The Balaban J connectivity index is 2.65. The van der Waals surface area contributed by atoms with Gasteiger partial charge in [-0.2, -0.15) is 0 Å². The molecule has 1 rings (SSSR count). The summed E-state index contributed by atoms with van der Waals surface area (Å²) in [5.41, 5.74) is 0.875. The number of hydrogen-bond acceptors (Lipinski definition) is 3. The highest BCUT2D eigenvalue weighted by atomic mass is 35.5. The third kappa shape index (κ3) is 4.16. The van der Waals surface area contributed by atoms with Crippen molar-refractivity contribution in [2.75, 3.05) is 20.7 Å². The lowest BCUT2D eigenvalue weighted by molar-refractivity contribution is -0.145. The molecule has 100 valence electrons. The van der Waals surface area contributed by atoms with E-state index >= 15 is 0 Å². The molecule has 0 heterocycles. The topological polar surface area (TPSA) is 29.5 Å². The van der Waals surface area contributed by atoms with Crippen LogP contribution in [-0.4, -0.2) is 31.6 Å². The number of methoxy groups -OCH3 is 1. The average Bonchev–Trinajstić information content (AvgIpc) is 2.32. The van der Waals surface area contributed by atoms with Gasteiger partial charge in [-0.3, -0.25) is 4.79 Å². The van der Waals surface area contributed by atoms with Gasteiger partial charge in [0.25, 0.3) is 0 Å². The van der Waals surface area contributed by atoms with Crippen LogP contribution >= 0.6 is 23.2 Å². The molecule has 0 aliphatic rings. The summed E-state index contributed by atoms with van der Waals surface area (Å²) >= 11 is 12.2. The number of ether oxygens (including phenoxy) is 1. The van der Waals surface area contributed by atoms with E-state index in [1.54, 1.807) is 12.1 Å². The number of halogens is 2. The van der Waals surface area contributed by atoms with Crippen molar-refractivity contribution in [3.8, 4) is 0 Å². The Morgan fingerprint density at radius 1 is 1.39 bits per heavy atom. The van der Waals surface area contributed by atoms with Crippen molar-refractivity contribution < 1.29 is 9.53 Å². The molecule has 0 aliphatic carbocycles. The van der Waals surface area contributed by atoms with E-state index in [9.17, 15) is 4.79 Å². The number of carbonyl (C=O) groups excluding carboxylic acids is 1. The third-order valence-electron chi connectivity index (χ3n) is 2.68. The van der Waals surface area contributed by atoms with E-state index in [2.05, 4.69) is 0 Å². The fraction of sp³-hybridized carbons (Fsp3) is 0.462. The Kier molecular flexibility index (Phi) is 5.93. The van der Waals surface area contributed by atoms with Crippen LogP contribution in [0.1, 0.15) is 12.5 Å². The Morgan fingerprint density at radius 2 is 1.94 bits per heavy atom. The third-order valence-corrected chi connectivity index (χ3v) is 3.39. The van der Waals surface area contributed by atoms with Gasteiger partial charge in [0, 0.05) is 28.7 Å². The Labute approximate surface area is 118 Å². The molecule has 1 unspecified atom stereocenters. The van der Waals surface area contributed by atoms with E-state index in [4.69, 9.17) is 27.9 Å². The zero-order valence-corrected chi connectivity index (χ0v) is 12.3. The summed E-state index contributed by atoms with van der Waals surface area (Å²) in [6.07, 6.45) is 0. The zero-order chi connectivity index (χ0) is 13.7. The van der Waals surface area contributed by atoms with Gasteiger partial charge in [-0.1, -0.05) is 36.2 Å². The van der Waals surface area contributed by atoms with Crippen molar-refractivity contribution >= 4 is 29.2 Å². The van der Waals surface area contributed by atoms with Gasteiger partial charge in [-0.05, 0) is 19.2 Å². The van der Waals surface area contributed by atoms with Crippen molar-refractivity contribution in [1.29, 1.82) is 0 Å². The number of nitrogens with zero attached hydrogens (tertiary/aromatic N) is 1. The number of esters is 1. The van der Waals surface area contributed by atoms with Crippen molar-refractivity contribution in [3.63, 3.8) is 0 Å². The number of carbonyl (C=O) groups is 1. The second kappa shape index (κ2) is 6.98. The number of benzene rings is 1. The molecule has 0 aliphatic heterocycles. The maximum absolute atomic E-state index is 11.3. The summed E-state index contributed by atoms with van der Waals surface area (Å²) < 4.78 is 4.69. The summed E-state index contributed by atoms with van der Waals surface area (Å²) in [6.45, 7) is 3.02. The largest absolute Gasteiger partial charge is 0.469 e. The minimum absolute atomic E-state index is 0.179. The van der Waals surface area contributed by atoms with E-state index in [0.717, 1.165) is 5.56 Å². The molecular weight excluding hydrogens is 273 g/mol. The van der Waals surface area contributed by atoms with Gasteiger partial charge in [0.1, 0.15) is 0 Å². The molecule has 1 aromatic rings. The normalized spacial score (nSPS) is 12.6. The van der Waals surface area contributed by atoms with Crippen LogP contribution in [0.25, 0.3) is 0 Å². The van der Waals surface area contributed by atoms with Crippen LogP contribution < -0.4 is 0 Å². The van der Waals surface area contributed by atoms with Crippen LogP contribution in [0.3, 0.4) is 0 Å². The predicted octanol–water partition coefficient (Wildman–Crippen LogP) is 3.23. The molecule has 18 heavy (non-hydrogen) atoms. The molecule has 0 radical (unpaired) electrons. The highest BCUT2D eigenvalue weighted by Gasteiger charge is 2.16. The van der Waals surface area contributed by atoms with Crippen molar-refractivity contribution in [2.24, 2.45) is 5.92 Å². The highest BCUT2D eigenvalue weighted by Crippen LogP contribution is 2.25. The molecular formula is C13H17Cl2NO2. The molecule has 0 N–H and O–H groups in total. The van der Waals surface area contributed by atoms with Gasteiger partial charge in [0.05, 0.1) is 13.0 Å². The maximum atomic E-state index is 11.3. The van der Waals surface area contributed by atoms with E-state index in [1.807, 2.05) is 24.9 Å². The van der Waals surface area contributed by atoms with E-state index < -0.39 is 0 Å². The Hall–Kier alpha value is -0.770. The van der Waals surface area contributed by atoms with E-state index in [1.165, 1.54) is 7.11 Å². The van der Waals surface area contributed by atoms with Gasteiger partial charge in [0.15, 0.2) is 0 Å². The fourth-order valence-electron chi connectivity index (χ4n) is 1.76. The fourth-order valence-corrected chi connectivity index (χ4v) is 2.28. The maximum Gasteiger partial charge on any atom is 0.309 e. The monoisotopic (exact) mass is 289 g/mol. The van der Waals surface area contributed by atoms with Crippen molar-refractivity contribution in [3.05, 3.63) is 33.8 Å². The molecule has 3 nitrogen and oxygen atoms in total. The molecule has 1 atom stereocenters. The first kappa shape index (κ1) is 15.3. The van der Waals surface area contributed by atoms with Crippen LogP contribution in [0.5, 0.6) is 0 Å². The summed E-state index contributed by atoms with van der Waals surface area (Å²) in [4.78, 5) is 13.3. The summed E-state index contributed by atoms with van der Waals surface area (Å²) in [7, 11) is 3.31. The van der Waals surface area contributed by atoms with Crippen LogP contribution in [-0.2, 0) is 16.1 Å². The van der Waals surface area contributed by atoms with Crippen molar-refractivity contribution in [2.45, 2.75) is 13.5 Å². The first-order valence-corrected chi connectivity index (χ1v) is 6.40. The lowest BCUT2D eigenvalue weighted by atomic mass is 10.1. The van der Waals surface area contributed by atoms with Gasteiger partial charge >= 0.3 is 5.97 Å². The molecule has 0 saturated carbocycles. The van der Waals surface area contributed by atoms with Crippen LogP contribution in [0.2, 0.25) is 10.0 Å². The van der Waals surface area contributed by atoms with E-state index in [0.29, 0.717) is 23.1 Å². The SMILES string of the molecule is COC(=O)C(C)CN(C)Cc1c(Cl)cccc1Cl. The van der Waals surface area contributed by atoms with Crippen LogP contribution in [0.4, 0.5) is 0 Å². The Morgan fingerprint density at radius 3 is 2.44 bits per heavy atom. The second-order valence-electron chi connectivity index (χ2n) is 4.32. The minimum Gasteiger partial charge on any atom is -0.469 e. The molecule has 0 aromatic heterocycles. The lowest BCUT2D eigenvalue weighted by Crippen LogP contribution is -2.29. The summed E-state index contributed by atoms with van der Waals surface area (Å²) in [5, 5.41) is 1.28. The Bertz CT molecular complexity index is 403. The molecule has 0 spiro atoms. The van der Waals surface area contributed by atoms with Gasteiger partial charge in [-0.25, -0.2) is 0 Å². The average molecular weight is 290 g/mol. The second-order valence-corrected chi connectivity index (χ2v) is 5.14. The molecule has 0 amide bonds. The first-order chi connectivity index (χ1) is 8.45. The standard InChI is InChI=1S/C13H17Cl2NO2/c1-9(13(17)18-3)7-16(2)8-10-11(14)5-4-6-12(10)15/h4-6,9H,7-8H2,1-3H3. The van der Waals surface area contributed by atoms with Crippen molar-refractivity contribution in [1.82, 2.24) is 4.90 Å². The molecule has 0 bridgehead atoms. The van der Waals surface area contributed by atoms with Crippen LogP contribution in [0.15, 0.2) is 18.2 Å². The molecule has 1 aromatic carbocycles. The first-order valence-electron chi connectivity index (χ1n) is 5.65. The van der Waals surface area contributed by atoms with E-state index in [-0.39, 0.29) is 11.9 Å². The quantitative estimate of drug-likeness (QED) is 0.780. The summed E-state index contributed by atoms with van der Waals surface area (Å²) in [5.74, 6) is -0.395. The van der Waals surface area contributed by atoms with Crippen LogP contribution in [0, 0.1) is 5.92 Å². The smallest absolute Gasteiger partial charge is 0.309 e. The lowest BCUT2D eigenvalue weighted by Gasteiger charge is -2.21. The number of rotatable bonds is 5. The zero-order valence-electron chi connectivity index (χ0n) is 10.7. The molecule has 0 fully saturated rings. The van der Waals surface area contributed by atoms with Gasteiger partial charge in [0.2, 0.25) is 0 Å². The molecule has 0 saturated heterocycles. The number of hydrogen-bond donors (Lipinski definition) is 0. The highest BCUT2D eigenvalue weighted by molar-refractivity contribution is 6.35. The predicted molar refractivity (Wildman–Crippen MR) is 74.0 cm³/mol.